The number of fused-ring (bicyclic) bond motifs is 2. The third kappa shape index (κ3) is 4.07. The lowest BCUT2D eigenvalue weighted by atomic mass is 9.99. The monoisotopic (exact) mass is 465 g/mol. The molecule has 1 aromatic carbocycles. The van der Waals surface area contributed by atoms with Crippen LogP contribution in [0.5, 0.6) is 0 Å². The van der Waals surface area contributed by atoms with E-state index in [4.69, 9.17) is 4.42 Å². The van der Waals surface area contributed by atoms with E-state index in [9.17, 15) is 0 Å². The van der Waals surface area contributed by atoms with Crippen molar-refractivity contribution in [3.05, 3.63) is 47.3 Å². The zero-order chi connectivity index (χ0) is 21.3. The summed E-state index contributed by atoms with van der Waals surface area (Å²) in [5.74, 6) is 3.56. The number of benzene rings is 2. The molecular formula is C27H33N2OS2+. The summed E-state index contributed by atoms with van der Waals surface area (Å²) < 4.78 is 9.70. The summed E-state index contributed by atoms with van der Waals surface area (Å²) in [7, 11) is 0. The molecule has 0 amide bonds. The van der Waals surface area contributed by atoms with Crippen molar-refractivity contribution in [3.8, 4) is 11.3 Å². The van der Waals surface area contributed by atoms with Gasteiger partial charge in [0, 0.05) is 54.7 Å². The first kappa shape index (κ1) is 21.0. The Morgan fingerprint density at radius 3 is 2.41 bits per heavy atom. The van der Waals surface area contributed by atoms with Gasteiger partial charge in [-0.05, 0) is 67.4 Å². The van der Waals surface area contributed by atoms with E-state index in [1.807, 2.05) is 0 Å². The lowest BCUT2D eigenvalue weighted by Crippen LogP contribution is -2.34. The molecule has 168 valence electrons. The zero-order valence-corrected chi connectivity index (χ0v) is 20.5. The minimum Gasteiger partial charge on any atom is -0.456 e. The average Bonchev–Trinajstić information content (AvgIpc) is 2.88. The highest BCUT2D eigenvalue weighted by Crippen LogP contribution is 2.50. The molecule has 0 aromatic heterocycles. The van der Waals surface area contributed by atoms with Crippen molar-refractivity contribution < 1.29 is 4.42 Å². The van der Waals surface area contributed by atoms with E-state index in [0.29, 0.717) is 4.58 Å². The van der Waals surface area contributed by atoms with Crippen LogP contribution in [0.25, 0.3) is 22.3 Å². The highest BCUT2D eigenvalue weighted by Gasteiger charge is 2.26. The first-order chi connectivity index (χ1) is 15.9. The van der Waals surface area contributed by atoms with Crippen molar-refractivity contribution in [2.75, 3.05) is 42.6 Å². The van der Waals surface area contributed by atoms with E-state index in [1.165, 1.54) is 110 Å². The van der Waals surface area contributed by atoms with Gasteiger partial charge in [0.2, 0.25) is 5.36 Å². The Balaban J connectivity index is 1.53. The number of rotatable bonds is 2. The molecule has 6 rings (SSSR count). The van der Waals surface area contributed by atoms with Crippen LogP contribution in [0.4, 0.5) is 5.69 Å². The molecule has 0 saturated carbocycles. The summed E-state index contributed by atoms with van der Waals surface area (Å²) in [6, 6.07) is 14.0. The largest absolute Gasteiger partial charge is 0.456 e. The molecule has 1 aliphatic carbocycles. The summed E-state index contributed by atoms with van der Waals surface area (Å²) in [5, 5.41) is 2.62. The fraction of sp³-hybridized carbons (Fsp3) is 0.519. The first-order valence-electron chi connectivity index (χ1n) is 12.4. The van der Waals surface area contributed by atoms with Gasteiger partial charge in [0.25, 0.3) is 0 Å². The number of anilines is 1. The lowest BCUT2D eigenvalue weighted by molar-refractivity contribution is 0.451. The number of hydrogen-bond donors (Lipinski definition) is 0. The van der Waals surface area contributed by atoms with Crippen LogP contribution in [-0.2, 0) is 0 Å². The molecule has 0 N–H and O–H groups in total. The molecule has 0 spiro atoms. The SMILES string of the molecule is c1cc2c(C3SCCCS3)c3ccc(=[N+]4CCCCC4)cc-3oc2cc1N1CCCCC1. The van der Waals surface area contributed by atoms with Gasteiger partial charge in [0.05, 0.1) is 10.6 Å². The van der Waals surface area contributed by atoms with E-state index in [2.05, 4.69) is 69.4 Å². The summed E-state index contributed by atoms with van der Waals surface area (Å²) in [5.41, 5.74) is 5.16. The molecule has 32 heavy (non-hydrogen) atoms. The third-order valence-corrected chi connectivity index (χ3v) is 10.2. The molecule has 0 bridgehead atoms. The van der Waals surface area contributed by atoms with Crippen LogP contribution in [0.3, 0.4) is 0 Å². The molecule has 1 aromatic rings. The van der Waals surface area contributed by atoms with Crippen molar-refractivity contribution in [3.63, 3.8) is 0 Å². The quantitative estimate of drug-likeness (QED) is 0.324. The van der Waals surface area contributed by atoms with Gasteiger partial charge in [0.1, 0.15) is 24.4 Å². The van der Waals surface area contributed by atoms with Gasteiger partial charge in [0.15, 0.2) is 0 Å². The Kier molecular flexibility index (Phi) is 6.12. The molecule has 0 unspecified atom stereocenters. The van der Waals surface area contributed by atoms with E-state index in [0.717, 1.165) is 11.3 Å². The lowest BCUT2D eigenvalue weighted by Gasteiger charge is -2.29. The molecule has 0 atom stereocenters. The highest BCUT2D eigenvalue weighted by molar-refractivity contribution is 8.16. The minimum atomic E-state index is 0.492. The maximum atomic E-state index is 6.67. The van der Waals surface area contributed by atoms with E-state index in [-0.39, 0.29) is 0 Å². The van der Waals surface area contributed by atoms with Crippen molar-refractivity contribution in [1.82, 2.24) is 4.58 Å². The fourth-order valence-corrected chi connectivity index (χ4v) is 8.54. The van der Waals surface area contributed by atoms with Crippen molar-refractivity contribution in [2.24, 2.45) is 0 Å². The van der Waals surface area contributed by atoms with Crippen LogP contribution in [0, 0.1) is 0 Å². The fourth-order valence-electron chi connectivity index (χ4n) is 5.51. The Bertz CT molecular complexity index is 1130. The highest BCUT2D eigenvalue weighted by atomic mass is 32.2. The maximum absolute atomic E-state index is 6.67. The number of thioether (sulfide) groups is 2. The predicted molar refractivity (Wildman–Crippen MR) is 140 cm³/mol. The van der Waals surface area contributed by atoms with Crippen LogP contribution in [-0.4, -0.2) is 37.7 Å². The van der Waals surface area contributed by atoms with Crippen LogP contribution >= 0.6 is 23.5 Å². The molecule has 5 heteroatoms. The van der Waals surface area contributed by atoms with Gasteiger partial charge in [-0.3, -0.25) is 0 Å². The minimum absolute atomic E-state index is 0.492. The maximum Gasteiger partial charge on any atom is 0.203 e. The summed E-state index contributed by atoms with van der Waals surface area (Å²) in [4.78, 5) is 2.54. The Morgan fingerprint density at radius 2 is 1.59 bits per heavy atom. The summed E-state index contributed by atoms with van der Waals surface area (Å²) >= 11 is 4.22. The first-order valence-corrected chi connectivity index (χ1v) is 14.5. The normalized spacial score (nSPS) is 20.9. The van der Waals surface area contributed by atoms with Crippen LogP contribution in [0.2, 0.25) is 0 Å². The molecule has 3 saturated heterocycles. The molecule has 0 radical (unpaired) electrons. The molecule has 4 aliphatic heterocycles. The van der Waals surface area contributed by atoms with E-state index in [1.54, 1.807) is 0 Å². The second kappa shape index (κ2) is 9.34. The molecule has 4 heterocycles. The number of piperidine rings is 2. The van der Waals surface area contributed by atoms with Gasteiger partial charge in [-0.2, -0.15) is 0 Å². The molecule has 3 fully saturated rings. The van der Waals surface area contributed by atoms with Crippen molar-refractivity contribution in [2.45, 2.75) is 49.5 Å². The second-order valence-corrected chi connectivity index (χ2v) is 12.1. The number of hydrogen-bond acceptors (Lipinski definition) is 4. The van der Waals surface area contributed by atoms with Crippen molar-refractivity contribution >= 4 is 40.2 Å². The predicted octanol–water partition coefficient (Wildman–Crippen LogP) is 6.35. The van der Waals surface area contributed by atoms with E-state index < -0.39 is 0 Å². The van der Waals surface area contributed by atoms with Crippen molar-refractivity contribution in [1.29, 1.82) is 0 Å². The standard InChI is InChI=1S/C27H33N2OS2/c1-3-12-28(13-4-1)20-8-10-22-24(18-20)30-25-19-21(29-14-5-2-6-15-29)9-11-23(25)26(22)27-31-16-7-17-32-27/h8-11,18-19,27H,1-7,12-17H2/q+1. The van der Waals surface area contributed by atoms with Gasteiger partial charge in [-0.15, -0.1) is 23.5 Å². The Labute approximate surface area is 199 Å². The third-order valence-electron chi connectivity index (χ3n) is 7.24. The smallest absolute Gasteiger partial charge is 0.203 e. The van der Waals surface area contributed by atoms with Gasteiger partial charge in [-0.25, -0.2) is 4.58 Å². The van der Waals surface area contributed by atoms with E-state index >= 15 is 0 Å². The Morgan fingerprint density at radius 1 is 0.812 bits per heavy atom. The summed E-state index contributed by atoms with van der Waals surface area (Å²) in [6.45, 7) is 4.66. The van der Waals surface area contributed by atoms with Gasteiger partial charge >= 0.3 is 0 Å². The topological polar surface area (TPSA) is 19.4 Å². The Hall–Kier alpha value is -1.59. The molecule has 5 aliphatic rings. The summed E-state index contributed by atoms with van der Waals surface area (Å²) in [6.07, 6.45) is 9.23. The molecule has 3 nitrogen and oxygen atoms in total. The molecular weight excluding hydrogens is 432 g/mol. The zero-order valence-electron chi connectivity index (χ0n) is 18.9. The van der Waals surface area contributed by atoms with Crippen LogP contribution < -0.4 is 14.8 Å². The second-order valence-electron chi connectivity index (χ2n) is 9.40. The van der Waals surface area contributed by atoms with Gasteiger partial charge < -0.3 is 9.32 Å². The average molecular weight is 466 g/mol. The van der Waals surface area contributed by atoms with Crippen LogP contribution in [0.1, 0.15) is 55.1 Å². The van der Waals surface area contributed by atoms with Crippen LogP contribution in [0.15, 0.2) is 40.8 Å². The van der Waals surface area contributed by atoms with Gasteiger partial charge in [-0.1, -0.05) is 0 Å². The number of nitrogens with zero attached hydrogens (tertiary/aromatic N) is 2.